The molecule has 0 unspecified atom stereocenters. The molecule has 2 aromatic carbocycles. The van der Waals surface area contributed by atoms with E-state index in [0.29, 0.717) is 28.3 Å². The van der Waals surface area contributed by atoms with Gasteiger partial charge in [0, 0.05) is 17.3 Å². The van der Waals surface area contributed by atoms with E-state index in [-0.39, 0.29) is 25.3 Å². The van der Waals surface area contributed by atoms with E-state index in [9.17, 15) is 18.0 Å². The third kappa shape index (κ3) is 5.32. The number of carbonyl (C=O) groups excluding carboxylic acids is 1. The van der Waals surface area contributed by atoms with Crippen molar-refractivity contribution in [1.29, 1.82) is 0 Å². The number of anilines is 1. The second-order valence-electron chi connectivity index (χ2n) is 8.52. The summed E-state index contributed by atoms with van der Waals surface area (Å²) in [6, 6.07) is 13.3. The first-order valence-corrected chi connectivity index (χ1v) is 11.6. The van der Waals surface area contributed by atoms with Crippen molar-refractivity contribution >= 4 is 11.9 Å². The summed E-state index contributed by atoms with van der Waals surface area (Å²) in [7, 11) is 0. The molecule has 0 fully saturated rings. The van der Waals surface area contributed by atoms with Gasteiger partial charge in [-0.2, -0.15) is 13.2 Å². The Morgan fingerprint density at radius 2 is 1.92 bits per heavy atom. The zero-order valence-corrected chi connectivity index (χ0v) is 20.2. The molecule has 0 saturated heterocycles. The van der Waals surface area contributed by atoms with Crippen molar-refractivity contribution < 1.29 is 22.7 Å². The van der Waals surface area contributed by atoms with E-state index in [1.54, 1.807) is 26.1 Å². The van der Waals surface area contributed by atoms with Crippen LogP contribution in [0, 0.1) is 6.92 Å². The first kappa shape index (κ1) is 25.2. The van der Waals surface area contributed by atoms with Gasteiger partial charge in [-0.15, -0.1) is 0 Å². The predicted molar refractivity (Wildman–Crippen MR) is 130 cm³/mol. The Balaban J connectivity index is 1.75. The lowest BCUT2D eigenvalue weighted by atomic mass is 9.97. The minimum absolute atomic E-state index is 0.161. The highest BCUT2D eigenvalue weighted by Gasteiger charge is 2.34. The maximum Gasteiger partial charge on any atom is 0.416 e. The molecule has 1 atom stereocenters. The Kier molecular flexibility index (Phi) is 7.23. The monoisotopic (exact) mass is 499 g/mol. The summed E-state index contributed by atoms with van der Waals surface area (Å²) in [5.41, 5.74) is 2.94. The fraction of sp³-hybridized carbons (Fsp3) is 0.308. The fourth-order valence-corrected chi connectivity index (χ4v) is 4.32. The molecule has 1 aliphatic rings. The number of nitrogens with one attached hydrogen (secondary N) is 3. The number of amides is 1. The summed E-state index contributed by atoms with van der Waals surface area (Å²) in [5, 5.41) is 9.42. The lowest BCUT2D eigenvalue weighted by Gasteiger charge is -2.21. The summed E-state index contributed by atoms with van der Waals surface area (Å²) >= 11 is 0. The highest BCUT2D eigenvalue weighted by Crippen LogP contribution is 2.36. The minimum Gasteiger partial charge on any atom is -0.450 e. The van der Waals surface area contributed by atoms with Crippen LogP contribution < -0.4 is 5.32 Å². The number of ether oxygens (including phenoxy) is 1. The summed E-state index contributed by atoms with van der Waals surface area (Å²) < 4.78 is 45.6. The van der Waals surface area contributed by atoms with E-state index in [1.807, 2.05) is 30.3 Å². The maximum atomic E-state index is 13.5. The van der Waals surface area contributed by atoms with Crippen LogP contribution in [-0.4, -0.2) is 32.8 Å². The van der Waals surface area contributed by atoms with Crippen molar-refractivity contribution in [3.63, 3.8) is 0 Å². The van der Waals surface area contributed by atoms with Gasteiger partial charge in [-0.25, -0.2) is 9.78 Å². The normalized spacial score (nSPS) is 13.7. The van der Waals surface area contributed by atoms with Crippen molar-refractivity contribution in [2.45, 2.75) is 46.1 Å². The number of benzene rings is 2. The van der Waals surface area contributed by atoms with Crippen LogP contribution >= 0.6 is 0 Å². The molecule has 4 rings (SSSR count). The quantitative estimate of drug-likeness (QED) is 0.374. The van der Waals surface area contributed by atoms with Crippen LogP contribution in [0.5, 0.6) is 0 Å². The van der Waals surface area contributed by atoms with Crippen LogP contribution in [-0.2, 0) is 24.0 Å². The molecule has 0 spiro atoms. The van der Waals surface area contributed by atoms with E-state index in [0.717, 1.165) is 11.6 Å². The number of nitrogens with zero attached hydrogens (tertiary/aromatic N) is 2. The SMILES string of the molecule is CCOC(=O)N1Cc2nc(-c3ccccc3)c[nH][nH]c(N[C@H](C)c3cccc(C(F)(F)F)c3C)c2C1. The Morgan fingerprint density at radius 1 is 1.17 bits per heavy atom. The Morgan fingerprint density at radius 3 is 2.61 bits per heavy atom. The second-order valence-corrected chi connectivity index (χ2v) is 8.52. The van der Waals surface area contributed by atoms with Crippen molar-refractivity contribution in [3.8, 4) is 11.3 Å². The lowest BCUT2D eigenvalue weighted by Crippen LogP contribution is -2.26. The fourth-order valence-electron chi connectivity index (χ4n) is 4.32. The predicted octanol–water partition coefficient (Wildman–Crippen LogP) is 6.50. The molecule has 1 aliphatic heterocycles. The highest BCUT2D eigenvalue weighted by molar-refractivity contribution is 5.70. The summed E-state index contributed by atoms with van der Waals surface area (Å²) in [5.74, 6) is 0.522. The maximum absolute atomic E-state index is 13.5. The third-order valence-electron chi connectivity index (χ3n) is 6.11. The number of aromatic amines is 2. The number of halogens is 3. The molecule has 10 heteroatoms. The van der Waals surface area contributed by atoms with Gasteiger partial charge in [-0.05, 0) is 38.0 Å². The van der Waals surface area contributed by atoms with Crippen molar-refractivity contribution in [3.05, 3.63) is 82.7 Å². The van der Waals surface area contributed by atoms with E-state index in [2.05, 4.69) is 15.5 Å². The number of H-pyrrole nitrogens is 2. The number of hydrogen-bond acceptors (Lipinski definition) is 4. The van der Waals surface area contributed by atoms with Gasteiger partial charge in [0.05, 0.1) is 42.7 Å². The van der Waals surface area contributed by atoms with Gasteiger partial charge in [0.1, 0.15) is 5.82 Å². The van der Waals surface area contributed by atoms with Gasteiger partial charge < -0.3 is 15.2 Å². The topological polar surface area (TPSA) is 86.0 Å². The summed E-state index contributed by atoms with van der Waals surface area (Å²) in [6.45, 7) is 5.70. The molecule has 2 heterocycles. The first-order valence-electron chi connectivity index (χ1n) is 11.6. The molecule has 3 aromatic rings. The number of fused-ring (bicyclic) bond motifs is 1. The van der Waals surface area contributed by atoms with E-state index in [1.165, 1.54) is 17.9 Å². The molecular formula is C26H28F3N5O2. The summed E-state index contributed by atoms with van der Waals surface area (Å²) in [6.07, 6.45) is -3.20. The number of hydrogen-bond donors (Lipinski definition) is 3. The zero-order chi connectivity index (χ0) is 25.9. The van der Waals surface area contributed by atoms with Crippen LogP contribution in [0.25, 0.3) is 11.3 Å². The Bertz CT molecular complexity index is 1280. The lowest BCUT2D eigenvalue weighted by molar-refractivity contribution is -0.138. The number of carbonyl (C=O) groups is 1. The molecule has 0 bridgehead atoms. The average molecular weight is 500 g/mol. The number of alkyl halides is 3. The smallest absolute Gasteiger partial charge is 0.416 e. The molecule has 1 amide bonds. The largest absolute Gasteiger partial charge is 0.450 e. The van der Waals surface area contributed by atoms with E-state index >= 15 is 0 Å². The van der Waals surface area contributed by atoms with Crippen molar-refractivity contribution in [2.24, 2.45) is 0 Å². The molecule has 0 saturated carbocycles. The molecular weight excluding hydrogens is 471 g/mol. The van der Waals surface area contributed by atoms with Gasteiger partial charge in [0.25, 0.3) is 0 Å². The summed E-state index contributed by atoms with van der Waals surface area (Å²) in [4.78, 5) is 18.9. The van der Waals surface area contributed by atoms with Gasteiger partial charge >= 0.3 is 12.3 Å². The Labute approximate surface area is 207 Å². The van der Waals surface area contributed by atoms with Gasteiger partial charge in [-0.3, -0.25) is 10.00 Å². The van der Waals surface area contributed by atoms with Crippen LogP contribution in [0.1, 0.15) is 47.8 Å². The number of rotatable bonds is 5. The number of aromatic nitrogens is 3. The molecule has 190 valence electrons. The molecule has 1 aromatic heterocycles. The standard InChI is InChI=1S/C26H28F3N5O2/c1-4-36-25(35)34-14-20-23(15-34)32-22(18-9-6-5-7-10-18)13-30-33-24(20)31-17(3)19-11-8-12-21(16(19)2)26(27,28)29/h5-13,17,30-31,33H,4,14-15H2,1-3H3/t17-/m1/s1. The van der Waals surface area contributed by atoms with E-state index in [4.69, 9.17) is 9.72 Å². The van der Waals surface area contributed by atoms with Crippen LogP contribution in [0.15, 0.2) is 54.7 Å². The highest BCUT2D eigenvalue weighted by atomic mass is 19.4. The van der Waals surface area contributed by atoms with Crippen molar-refractivity contribution in [1.82, 2.24) is 20.1 Å². The molecule has 7 nitrogen and oxygen atoms in total. The Hall–Kier alpha value is -3.95. The van der Waals surface area contributed by atoms with Crippen LogP contribution in [0.2, 0.25) is 0 Å². The van der Waals surface area contributed by atoms with Gasteiger partial charge in [0.2, 0.25) is 0 Å². The molecule has 3 N–H and O–H groups in total. The van der Waals surface area contributed by atoms with Crippen molar-refractivity contribution in [2.75, 3.05) is 11.9 Å². The van der Waals surface area contributed by atoms with Gasteiger partial charge in [-0.1, -0.05) is 42.5 Å². The molecule has 0 aliphatic carbocycles. The molecule has 0 radical (unpaired) electrons. The van der Waals surface area contributed by atoms with Gasteiger partial charge in [0.15, 0.2) is 0 Å². The van der Waals surface area contributed by atoms with E-state index < -0.39 is 23.9 Å². The van der Waals surface area contributed by atoms with Crippen LogP contribution in [0.4, 0.5) is 23.8 Å². The average Bonchev–Trinajstić information content (AvgIpc) is 3.24. The zero-order valence-electron chi connectivity index (χ0n) is 20.2. The van der Waals surface area contributed by atoms with Crippen LogP contribution in [0.3, 0.4) is 0 Å². The second kappa shape index (κ2) is 10.3. The minimum atomic E-state index is -4.44. The first-order chi connectivity index (χ1) is 17.2. The molecule has 36 heavy (non-hydrogen) atoms. The third-order valence-corrected chi connectivity index (χ3v) is 6.11.